The lowest BCUT2D eigenvalue weighted by Crippen LogP contribution is -2.74. The van der Waals surface area contributed by atoms with E-state index in [2.05, 4.69) is 148 Å². The molecule has 0 N–H and O–H groups in total. The van der Waals surface area contributed by atoms with Crippen LogP contribution in [0.1, 0.15) is 104 Å². The van der Waals surface area contributed by atoms with Crippen molar-refractivity contribution in [3.05, 3.63) is 133 Å². The summed E-state index contributed by atoms with van der Waals surface area (Å²) in [5, 5.41) is 0. The largest absolute Gasteiger partial charge is 0.458 e. The van der Waals surface area contributed by atoms with E-state index in [4.69, 9.17) is 4.74 Å². The number of hydrogen-bond acceptors (Lipinski definition) is 2. The summed E-state index contributed by atoms with van der Waals surface area (Å²) in [5.74, 6) is -0.244. The van der Waals surface area contributed by atoms with Gasteiger partial charge in [0.15, 0.2) is 0 Å². The van der Waals surface area contributed by atoms with Crippen molar-refractivity contribution in [3.8, 4) is 0 Å². The maximum Gasteiger partial charge on any atom is 0.333 e. The van der Waals surface area contributed by atoms with E-state index in [0.717, 1.165) is 6.16 Å². The molecule has 0 amide bonds. The third kappa shape index (κ3) is 14.9. The summed E-state index contributed by atoms with van der Waals surface area (Å²) in [6.07, 6.45) is 21.0. The van der Waals surface area contributed by atoms with Gasteiger partial charge in [-0.1, -0.05) is 212 Å². The maximum absolute atomic E-state index is 11.4. The molecule has 4 rings (SSSR count). The molecule has 0 aromatic heterocycles. The fourth-order valence-electron chi connectivity index (χ4n) is 7.48. The van der Waals surface area contributed by atoms with Crippen LogP contribution in [0, 0.1) is 0 Å². The highest BCUT2D eigenvalue weighted by Crippen LogP contribution is 2.51. The smallest absolute Gasteiger partial charge is 0.333 e. The zero-order valence-electron chi connectivity index (χ0n) is 33.1. The van der Waals surface area contributed by atoms with Crippen molar-refractivity contribution in [1.29, 1.82) is 0 Å². The average Bonchev–Trinajstić information content (AvgIpc) is 3.17. The molecule has 0 unspecified atom stereocenters. The van der Waals surface area contributed by atoms with E-state index in [9.17, 15) is 4.79 Å². The highest BCUT2D eigenvalue weighted by atomic mass is 31.2. The minimum atomic E-state index is -1.22. The minimum Gasteiger partial charge on any atom is -0.458 e. The summed E-state index contributed by atoms with van der Waals surface area (Å²) in [7, 11) is -0.920. The molecule has 0 radical (unpaired) electrons. The number of rotatable bonds is 23. The van der Waals surface area contributed by atoms with Crippen LogP contribution < -0.4 is 21.9 Å². The van der Waals surface area contributed by atoms with Crippen LogP contribution in [0.3, 0.4) is 0 Å². The van der Waals surface area contributed by atoms with E-state index in [1.165, 1.54) is 118 Å². The van der Waals surface area contributed by atoms with Crippen molar-refractivity contribution in [2.45, 2.75) is 104 Å². The number of ether oxygens (including phenoxy) is 1. The first-order valence-corrected chi connectivity index (χ1v) is 23.4. The lowest BCUT2D eigenvalue weighted by Gasteiger charge is -2.44. The molecule has 0 bridgehead atoms. The normalized spacial score (nSPS) is 11.4. The lowest BCUT2D eigenvalue weighted by atomic mass is 9.13. The first kappa shape index (κ1) is 43.0. The molecule has 4 aromatic rings. The zero-order chi connectivity index (χ0) is 37.3. The van der Waals surface area contributed by atoms with Crippen molar-refractivity contribution < 1.29 is 9.53 Å². The molecular formula is C48H68BO2P. The molecule has 2 nitrogen and oxygen atoms in total. The Morgan fingerprint density at radius 2 is 0.827 bits per heavy atom. The van der Waals surface area contributed by atoms with Crippen molar-refractivity contribution >= 4 is 41.2 Å². The van der Waals surface area contributed by atoms with Gasteiger partial charge in [0.2, 0.25) is 0 Å². The van der Waals surface area contributed by atoms with E-state index in [0.29, 0.717) is 12.2 Å². The third-order valence-corrected chi connectivity index (χ3v) is 13.5. The second kappa shape index (κ2) is 24.8. The number of esters is 1. The molecule has 4 aromatic carbocycles. The van der Waals surface area contributed by atoms with E-state index >= 15 is 0 Å². The molecule has 0 aliphatic carbocycles. The summed E-state index contributed by atoms with van der Waals surface area (Å²) in [4.78, 5) is 11.4. The Morgan fingerprint density at radius 3 is 1.13 bits per heavy atom. The van der Waals surface area contributed by atoms with Crippen molar-refractivity contribution in [2.75, 3.05) is 32.3 Å². The summed E-state index contributed by atoms with van der Waals surface area (Å²) in [6, 6.07) is 43.5. The van der Waals surface area contributed by atoms with Gasteiger partial charge in [-0.2, -0.15) is 21.9 Å². The van der Waals surface area contributed by atoms with Crippen molar-refractivity contribution in [3.63, 3.8) is 0 Å². The van der Waals surface area contributed by atoms with Gasteiger partial charge in [0.25, 0.3) is 0 Å². The Kier molecular flexibility index (Phi) is 20.5. The second-order valence-electron chi connectivity index (χ2n) is 15.4. The molecule has 0 saturated heterocycles. The predicted octanol–water partition coefficient (Wildman–Crippen LogP) is 10.9. The van der Waals surface area contributed by atoms with Crippen molar-refractivity contribution in [2.24, 2.45) is 0 Å². The summed E-state index contributed by atoms with van der Waals surface area (Å²) < 4.78 is 5.25. The van der Waals surface area contributed by atoms with Gasteiger partial charge in [0, 0.05) is 26.2 Å². The number of benzene rings is 4. The lowest BCUT2D eigenvalue weighted by molar-refractivity contribution is -0.138. The first-order chi connectivity index (χ1) is 25.3. The first-order valence-electron chi connectivity index (χ1n) is 20.3. The second-order valence-corrected chi connectivity index (χ2v) is 20.2. The quantitative estimate of drug-likeness (QED) is 0.0251. The molecular weight excluding hydrogens is 650 g/mol. The summed E-state index contributed by atoms with van der Waals surface area (Å²) >= 11 is 0. The minimum absolute atomic E-state index is 0.244. The molecule has 0 saturated carbocycles. The fourth-order valence-corrected chi connectivity index (χ4v) is 9.37. The van der Waals surface area contributed by atoms with Crippen LogP contribution in [-0.2, 0) is 9.53 Å². The van der Waals surface area contributed by atoms with Crippen LogP contribution in [0.4, 0.5) is 0 Å². The standard InChI is InChI=1S/C24H20B.C24H48O2P/c1-5-13-21(14-6-1)25(22-15-7-2-8-16-22,23-17-9-3-10-18-23)24-19-11-4-12-20-24;1-6-7-8-9-10-11-12-13-14-15-16-17-18-19-21-27(4,5)22-20-26-24(25)23(2)3/h1-20H;2,6-22H2,1,3-5H3/q-1;+1. The Morgan fingerprint density at radius 1 is 0.519 bits per heavy atom. The zero-order valence-corrected chi connectivity index (χ0v) is 34.0. The topological polar surface area (TPSA) is 26.3 Å². The Hall–Kier alpha value is -3.42. The highest BCUT2D eigenvalue weighted by Gasteiger charge is 2.31. The molecule has 52 heavy (non-hydrogen) atoms. The summed E-state index contributed by atoms with van der Waals surface area (Å²) in [6.45, 7) is 13.0. The average molecular weight is 719 g/mol. The number of carbonyl (C=O) groups is 1. The number of unbranched alkanes of at least 4 members (excludes halogenated alkanes) is 13. The van der Waals surface area contributed by atoms with Crippen LogP contribution in [-0.4, -0.2) is 44.4 Å². The van der Waals surface area contributed by atoms with Gasteiger partial charge in [-0.3, -0.25) is 0 Å². The molecule has 0 aliphatic heterocycles. The molecule has 0 aliphatic rings. The van der Waals surface area contributed by atoms with E-state index in [1.54, 1.807) is 6.92 Å². The number of hydrogen-bond donors (Lipinski definition) is 0. The molecule has 0 spiro atoms. The van der Waals surface area contributed by atoms with Gasteiger partial charge in [0.05, 0.1) is 12.3 Å². The van der Waals surface area contributed by atoms with Gasteiger partial charge < -0.3 is 4.74 Å². The fraction of sp³-hybridized carbons (Fsp3) is 0.438. The van der Waals surface area contributed by atoms with Gasteiger partial charge in [-0.05, 0) is 19.8 Å². The third-order valence-electron chi connectivity index (χ3n) is 10.6. The van der Waals surface area contributed by atoms with Gasteiger partial charge in [-0.15, -0.1) is 0 Å². The maximum atomic E-state index is 11.4. The van der Waals surface area contributed by atoms with Gasteiger partial charge in [0.1, 0.15) is 12.8 Å². The van der Waals surface area contributed by atoms with Crippen LogP contribution in [0.15, 0.2) is 133 Å². The highest BCUT2D eigenvalue weighted by molar-refractivity contribution is 7.74. The van der Waals surface area contributed by atoms with E-state index in [1.807, 2.05) is 0 Å². The van der Waals surface area contributed by atoms with E-state index in [-0.39, 0.29) is 5.97 Å². The molecule has 0 heterocycles. The molecule has 4 heteroatoms. The Bertz CT molecular complexity index is 1340. The summed E-state index contributed by atoms with van der Waals surface area (Å²) in [5.41, 5.74) is 5.85. The van der Waals surface area contributed by atoms with Crippen LogP contribution in [0.5, 0.6) is 0 Å². The molecule has 0 fully saturated rings. The van der Waals surface area contributed by atoms with Gasteiger partial charge in [-0.25, -0.2) is 4.79 Å². The Balaban J connectivity index is 0.000000280. The van der Waals surface area contributed by atoms with Crippen LogP contribution in [0.25, 0.3) is 0 Å². The number of carbonyl (C=O) groups excluding carboxylic acids is 1. The van der Waals surface area contributed by atoms with Crippen molar-refractivity contribution in [1.82, 2.24) is 0 Å². The van der Waals surface area contributed by atoms with Crippen LogP contribution in [0.2, 0.25) is 0 Å². The van der Waals surface area contributed by atoms with Crippen LogP contribution >= 0.6 is 7.26 Å². The predicted molar refractivity (Wildman–Crippen MR) is 235 cm³/mol. The SMILES string of the molecule is C=C(C)C(=O)OCC[P+](C)(C)CCCCCCCCCCCCCCCC.c1ccc([B-](c2ccccc2)(c2ccccc2)c2ccccc2)cc1. The monoisotopic (exact) mass is 719 g/mol. The molecule has 280 valence electrons. The van der Waals surface area contributed by atoms with E-state index < -0.39 is 13.4 Å². The molecule has 0 atom stereocenters. The van der Waals surface area contributed by atoms with Gasteiger partial charge >= 0.3 is 5.97 Å². The Labute approximate surface area is 319 Å².